The minimum atomic E-state index is 0.296. The van der Waals surface area contributed by atoms with Gasteiger partial charge < -0.3 is 14.7 Å². The van der Waals surface area contributed by atoms with Gasteiger partial charge in [0.15, 0.2) is 0 Å². The fraction of sp³-hybridized carbons (Fsp3) is 0. The number of nitrogens with zero attached hydrogens (tertiary/aromatic N) is 1. The van der Waals surface area contributed by atoms with Crippen molar-refractivity contribution < 1.29 is 8.94 Å². The van der Waals surface area contributed by atoms with Gasteiger partial charge >= 0.3 is 0 Å². The lowest BCUT2D eigenvalue weighted by Crippen LogP contribution is -1.87. The van der Waals surface area contributed by atoms with Crippen molar-refractivity contribution in [3.8, 4) is 22.4 Å². The fourth-order valence-corrected chi connectivity index (χ4v) is 2.22. The molecule has 2 heterocycles. The second-order valence-electron chi connectivity index (χ2n) is 3.79. The number of anilines is 1. The summed E-state index contributed by atoms with van der Waals surface area (Å²) in [5.74, 6) is 0.296. The molecule has 0 aliphatic rings. The Balaban J connectivity index is 2.20. The molecule has 2 N–H and O–H groups in total. The summed E-state index contributed by atoms with van der Waals surface area (Å²) in [5.41, 5.74) is 9.09. The molecule has 0 aliphatic heterocycles. The van der Waals surface area contributed by atoms with Gasteiger partial charge in [-0.15, -0.1) is 0 Å². The number of hydrogen-bond donors (Lipinski definition) is 1. The van der Waals surface area contributed by atoms with E-state index in [-0.39, 0.29) is 0 Å². The van der Waals surface area contributed by atoms with Gasteiger partial charge in [-0.3, -0.25) is 0 Å². The van der Waals surface area contributed by atoms with E-state index in [2.05, 4.69) is 21.1 Å². The van der Waals surface area contributed by atoms with Crippen LogP contribution in [0.3, 0.4) is 0 Å². The average Bonchev–Trinajstić information content (AvgIpc) is 2.97. The summed E-state index contributed by atoms with van der Waals surface area (Å²) in [6.07, 6.45) is 3.20. The van der Waals surface area contributed by atoms with Gasteiger partial charge in [0.05, 0.1) is 18.1 Å². The van der Waals surface area contributed by atoms with Crippen molar-refractivity contribution in [2.75, 3.05) is 5.73 Å². The lowest BCUT2D eigenvalue weighted by atomic mass is 10.0. The van der Waals surface area contributed by atoms with Crippen molar-refractivity contribution in [3.63, 3.8) is 0 Å². The van der Waals surface area contributed by atoms with Crippen LogP contribution in [-0.4, -0.2) is 5.16 Å². The topological polar surface area (TPSA) is 65.2 Å². The largest absolute Gasteiger partial charge is 0.472 e. The third kappa shape index (κ3) is 1.82. The monoisotopic (exact) mass is 304 g/mol. The van der Waals surface area contributed by atoms with E-state index in [4.69, 9.17) is 14.7 Å². The molecule has 3 rings (SSSR count). The Morgan fingerprint density at radius 3 is 2.78 bits per heavy atom. The van der Waals surface area contributed by atoms with Crippen LogP contribution < -0.4 is 5.73 Å². The maximum atomic E-state index is 5.85. The molecule has 0 spiro atoms. The number of hydrogen-bond acceptors (Lipinski definition) is 4. The summed E-state index contributed by atoms with van der Waals surface area (Å²) in [6.45, 7) is 0. The van der Waals surface area contributed by atoms with Gasteiger partial charge in [-0.25, -0.2) is 0 Å². The molecule has 5 heteroatoms. The van der Waals surface area contributed by atoms with Crippen LogP contribution in [0.1, 0.15) is 0 Å². The zero-order chi connectivity index (χ0) is 12.5. The van der Waals surface area contributed by atoms with Gasteiger partial charge in [-0.05, 0) is 23.8 Å². The van der Waals surface area contributed by atoms with Crippen molar-refractivity contribution in [2.45, 2.75) is 0 Å². The molecule has 0 fully saturated rings. The van der Waals surface area contributed by atoms with E-state index in [1.165, 1.54) is 0 Å². The van der Waals surface area contributed by atoms with Crippen molar-refractivity contribution in [1.29, 1.82) is 0 Å². The third-order valence-corrected chi connectivity index (χ3v) is 3.12. The average molecular weight is 305 g/mol. The predicted octanol–water partition coefficient (Wildman–Crippen LogP) is 3.95. The number of benzene rings is 1. The van der Waals surface area contributed by atoms with E-state index in [1.54, 1.807) is 12.5 Å². The fourth-order valence-electron chi connectivity index (χ4n) is 1.82. The lowest BCUT2D eigenvalue weighted by Gasteiger charge is -2.01. The molecule has 0 unspecified atom stereocenters. The molecule has 1 aromatic carbocycles. The Bertz CT molecular complexity index is 674. The zero-order valence-electron chi connectivity index (χ0n) is 9.26. The molecule has 0 saturated heterocycles. The highest BCUT2D eigenvalue weighted by Crippen LogP contribution is 2.37. The molecule has 4 nitrogen and oxygen atoms in total. The van der Waals surface area contributed by atoms with E-state index in [1.807, 2.05) is 30.3 Å². The summed E-state index contributed by atoms with van der Waals surface area (Å²) < 4.78 is 11.1. The quantitative estimate of drug-likeness (QED) is 0.778. The van der Waals surface area contributed by atoms with Crippen LogP contribution >= 0.6 is 15.9 Å². The molecule has 18 heavy (non-hydrogen) atoms. The number of halogens is 1. The molecule has 0 bridgehead atoms. The van der Waals surface area contributed by atoms with Crippen LogP contribution in [0.2, 0.25) is 0 Å². The van der Waals surface area contributed by atoms with Crippen molar-refractivity contribution in [1.82, 2.24) is 5.16 Å². The van der Waals surface area contributed by atoms with Crippen LogP contribution in [0, 0.1) is 0 Å². The molecule has 0 saturated carbocycles. The van der Waals surface area contributed by atoms with E-state index < -0.39 is 0 Å². The highest BCUT2D eigenvalue weighted by molar-refractivity contribution is 9.10. The second kappa shape index (κ2) is 4.34. The highest BCUT2D eigenvalue weighted by Gasteiger charge is 2.18. The van der Waals surface area contributed by atoms with Gasteiger partial charge in [0.25, 0.3) is 0 Å². The minimum Gasteiger partial charge on any atom is -0.472 e. The minimum absolute atomic E-state index is 0.296. The molecule has 0 amide bonds. The maximum absolute atomic E-state index is 5.85. The van der Waals surface area contributed by atoms with Gasteiger partial charge in [-0.1, -0.05) is 33.2 Å². The molecule has 0 atom stereocenters. The van der Waals surface area contributed by atoms with Crippen molar-refractivity contribution >= 4 is 21.8 Å². The molecule has 0 radical (unpaired) electrons. The first kappa shape index (κ1) is 11.1. The lowest BCUT2D eigenvalue weighted by molar-refractivity contribution is 0.439. The summed E-state index contributed by atoms with van der Waals surface area (Å²) in [7, 11) is 0. The number of furan rings is 1. The van der Waals surface area contributed by atoms with Crippen LogP contribution in [-0.2, 0) is 0 Å². The Kier molecular flexibility index (Phi) is 2.68. The number of rotatable bonds is 2. The summed E-state index contributed by atoms with van der Waals surface area (Å²) in [6, 6.07) is 9.62. The van der Waals surface area contributed by atoms with E-state index in [0.29, 0.717) is 11.6 Å². The first-order valence-electron chi connectivity index (χ1n) is 5.29. The Labute approximate surface area is 112 Å². The first-order valence-corrected chi connectivity index (χ1v) is 6.08. The maximum Gasteiger partial charge on any atom is 0.230 e. The Morgan fingerprint density at radius 1 is 1.17 bits per heavy atom. The second-order valence-corrected chi connectivity index (χ2v) is 4.71. The number of nitrogen functional groups attached to an aromatic ring is 1. The van der Waals surface area contributed by atoms with Crippen LogP contribution in [0.4, 0.5) is 5.88 Å². The molecule has 2 aromatic heterocycles. The Hall–Kier alpha value is -2.01. The van der Waals surface area contributed by atoms with Gasteiger partial charge in [-0.2, -0.15) is 0 Å². The smallest absolute Gasteiger partial charge is 0.230 e. The predicted molar refractivity (Wildman–Crippen MR) is 71.8 cm³/mol. The van der Waals surface area contributed by atoms with Crippen LogP contribution in [0.5, 0.6) is 0 Å². The molecular weight excluding hydrogens is 296 g/mol. The summed E-state index contributed by atoms with van der Waals surface area (Å²) in [4.78, 5) is 0. The van der Waals surface area contributed by atoms with Gasteiger partial charge in [0.1, 0.15) is 5.69 Å². The normalized spacial score (nSPS) is 10.7. The van der Waals surface area contributed by atoms with Gasteiger partial charge in [0, 0.05) is 10.0 Å². The van der Waals surface area contributed by atoms with E-state index in [9.17, 15) is 0 Å². The number of aromatic nitrogens is 1. The molecule has 3 aromatic rings. The van der Waals surface area contributed by atoms with E-state index in [0.717, 1.165) is 21.2 Å². The van der Waals surface area contributed by atoms with Crippen LogP contribution in [0.15, 0.2) is 56.3 Å². The first-order chi connectivity index (χ1) is 8.75. The highest BCUT2D eigenvalue weighted by atomic mass is 79.9. The third-order valence-electron chi connectivity index (χ3n) is 2.63. The van der Waals surface area contributed by atoms with Crippen molar-refractivity contribution in [3.05, 3.63) is 47.3 Å². The van der Waals surface area contributed by atoms with Crippen molar-refractivity contribution in [2.24, 2.45) is 0 Å². The standard InChI is InChI=1S/C13H9BrN2O2/c14-10-3-1-2-8(6-10)11-12(16-18-13(11)15)9-4-5-17-7-9/h1-7H,15H2. The Morgan fingerprint density at radius 2 is 2.06 bits per heavy atom. The van der Waals surface area contributed by atoms with Crippen LogP contribution in [0.25, 0.3) is 22.4 Å². The van der Waals surface area contributed by atoms with Gasteiger partial charge in [0.2, 0.25) is 5.88 Å². The SMILES string of the molecule is Nc1onc(-c2ccoc2)c1-c1cccc(Br)c1. The summed E-state index contributed by atoms with van der Waals surface area (Å²) >= 11 is 3.44. The molecular formula is C13H9BrN2O2. The molecule has 90 valence electrons. The molecule has 0 aliphatic carbocycles. The summed E-state index contributed by atoms with van der Waals surface area (Å²) in [5, 5.41) is 3.99. The zero-order valence-corrected chi connectivity index (χ0v) is 10.8. The number of nitrogens with two attached hydrogens (primary N) is 1. The van der Waals surface area contributed by atoms with E-state index >= 15 is 0 Å².